The van der Waals surface area contributed by atoms with Crippen LogP contribution in [0.4, 0.5) is 0 Å². The zero-order valence-electron chi connectivity index (χ0n) is 7.76. The molecule has 1 fully saturated rings. The molecule has 0 N–H and O–H groups in total. The molecule has 1 unspecified atom stereocenters. The maximum atomic E-state index is 5.67. The van der Waals surface area contributed by atoms with Crippen molar-refractivity contribution in [2.75, 3.05) is 6.61 Å². The lowest BCUT2D eigenvalue weighted by Gasteiger charge is -2.38. The molecule has 1 heteroatoms. The minimum Gasteiger partial charge on any atom is -0.375 e. The molecule has 1 aliphatic rings. The van der Waals surface area contributed by atoms with E-state index in [4.69, 9.17) is 4.74 Å². The second-order valence-electron chi connectivity index (χ2n) is 4.15. The molecule has 1 aliphatic heterocycles. The van der Waals surface area contributed by atoms with Gasteiger partial charge in [-0.3, -0.25) is 0 Å². The van der Waals surface area contributed by atoms with Gasteiger partial charge < -0.3 is 4.74 Å². The van der Waals surface area contributed by atoms with Crippen LogP contribution in [0.5, 0.6) is 0 Å². The Kier molecular flexibility index (Phi) is 2.38. The summed E-state index contributed by atoms with van der Waals surface area (Å²) < 4.78 is 5.67. The molecule has 0 saturated carbocycles. The molecule has 1 heterocycles. The molecule has 0 amide bonds. The second-order valence-corrected chi connectivity index (χ2v) is 4.15. The summed E-state index contributed by atoms with van der Waals surface area (Å²) in [5.41, 5.74) is 0.0823. The van der Waals surface area contributed by atoms with Gasteiger partial charge in [0.15, 0.2) is 0 Å². The highest BCUT2D eigenvalue weighted by atomic mass is 16.5. The predicted octanol–water partition coefficient (Wildman–Crippen LogP) is 2.62. The van der Waals surface area contributed by atoms with Gasteiger partial charge in [0, 0.05) is 5.92 Å². The minimum absolute atomic E-state index is 0.0823. The fraction of sp³-hybridized carbons (Fsp3) is 0.800. The average molecular weight is 154 g/mol. The van der Waals surface area contributed by atoms with Crippen LogP contribution in [0.3, 0.4) is 0 Å². The largest absolute Gasteiger partial charge is 0.375 e. The van der Waals surface area contributed by atoms with Crippen LogP contribution in [0.1, 0.15) is 27.2 Å². The van der Waals surface area contributed by atoms with Crippen LogP contribution >= 0.6 is 0 Å². The summed E-state index contributed by atoms with van der Waals surface area (Å²) >= 11 is 0. The number of hydrogen-bond acceptors (Lipinski definition) is 1. The highest BCUT2D eigenvalue weighted by Gasteiger charge is 2.31. The van der Waals surface area contributed by atoms with E-state index in [1.807, 2.05) is 6.08 Å². The predicted molar refractivity (Wildman–Crippen MR) is 47.5 cm³/mol. The van der Waals surface area contributed by atoms with E-state index in [0.29, 0.717) is 5.92 Å². The molecule has 0 aliphatic carbocycles. The van der Waals surface area contributed by atoms with Gasteiger partial charge >= 0.3 is 0 Å². The molecule has 0 aromatic heterocycles. The van der Waals surface area contributed by atoms with Gasteiger partial charge in [0.2, 0.25) is 0 Å². The van der Waals surface area contributed by atoms with Crippen molar-refractivity contribution in [1.82, 2.24) is 0 Å². The summed E-state index contributed by atoms with van der Waals surface area (Å²) in [5, 5.41) is 0. The lowest BCUT2D eigenvalue weighted by atomic mass is 9.82. The lowest BCUT2D eigenvalue weighted by Crippen LogP contribution is -2.37. The van der Waals surface area contributed by atoms with Gasteiger partial charge in [-0.25, -0.2) is 0 Å². The van der Waals surface area contributed by atoms with Crippen LogP contribution in [0.15, 0.2) is 12.7 Å². The van der Waals surface area contributed by atoms with Gasteiger partial charge in [-0.05, 0) is 26.2 Å². The monoisotopic (exact) mass is 154 g/mol. The molecule has 0 aromatic carbocycles. The van der Waals surface area contributed by atoms with Crippen LogP contribution in [-0.4, -0.2) is 12.2 Å². The second kappa shape index (κ2) is 2.98. The summed E-state index contributed by atoms with van der Waals surface area (Å²) in [7, 11) is 0. The van der Waals surface area contributed by atoms with E-state index < -0.39 is 0 Å². The zero-order chi connectivity index (χ0) is 8.48. The van der Waals surface area contributed by atoms with Gasteiger partial charge in [-0.1, -0.05) is 13.0 Å². The SMILES string of the molecule is C=C[C@@H]1COC(C)(C)CC1C. The van der Waals surface area contributed by atoms with Gasteiger partial charge in [-0.2, -0.15) is 0 Å². The fourth-order valence-corrected chi connectivity index (χ4v) is 1.77. The molecular weight excluding hydrogens is 136 g/mol. The van der Waals surface area contributed by atoms with Crippen molar-refractivity contribution >= 4 is 0 Å². The van der Waals surface area contributed by atoms with E-state index in [-0.39, 0.29) is 5.60 Å². The van der Waals surface area contributed by atoms with Crippen molar-refractivity contribution in [3.8, 4) is 0 Å². The van der Waals surface area contributed by atoms with Crippen molar-refractivity contribution in [3.05, 3.63) is 12.7 Å². The van der Waals surface area contributed by atoms with Crippen LogP contribution in [-0.2, 0) is 4.74 Å². The Morgan fingerprint density at radius 2 is 2.18 bits per heavy atom. The maximum Gasteiger partial charge on any atom is 0.0629 e. The third-order valence-electron chi connectivity index (χ3n) is 2.51. The summed E-state index contributed by atoms with van der Waals surface area (Å²) in [4.78, 5) is 0. The average Bonchev–Trinajstić information content (AvgIpc) is 1.86. The molecule has 2 atom stereocenters. The summed E-state index contributed by atoms with van der Waals surface area (Å²) in [6, 6.07) is 0. The number of ether oxygens (including phenoxy) is 1. The molecule has 0 bridgehead atoms. The normalized spacial score (nSPS) is 36.6. The number of hydrogen-bond donors (Lipinski definition) is 0. The van der Waals surface area contributed by atoms with E-state index in [0.717, 1.165) is 18.9 Å². The van der Waals surface area contributed by atoms with E-state index in [1.165, 1.54) is 0 Å². The minimum atomic E-state index is 0.0823. The topological polar surface area (TPSA) is 9.23 Å². The molecule has 0 aromatic rings. The molecular formula is C10H18O. The summed E-state index contributed by atoms with van der Waals surface area (Å²) in [6.07, 6.45) is 3.16. The highest BCUT2D eigenvalue weighted by Crippen LogP contribution is 2.32. The Morgan fingerprint density at radius 1 is 1.55 bits per heavy atom. The van der Waals surface area contributed by atoms with Gasteiger partial charge in [-0.15, -0.1) is 6.58 Å². The summed E-state index contributed by atoms with van der Waals surface area (Å²) in [5.74, 6) is 1.28. The van der Waals surface area contributed by atoms with Crippen LogP contribution in [0.2, 0.25) is 0 Å². The van der Waals surface area contributed by atoms with Crippen molar-refractivity contribution < 1.29 is 4.74 Å². The molecule has 1 saturated heterocycles. The Morgan fingerprint density at radius 3 is 2.64 bits per heavy atom. The Hall–Kier alpha value is -0.300. The fourth-order valence-electron chi connectivity index (χ4n) is 1.77. The highest BCUT2D eigenvalue weighted by molar-refractivity contribution is 4.90. The van der Waals surface area contributed by atoms with Gasteiger partial charge in [0.05, 0.1) is 12.2 Å². The third kappa shape index (κ3) is 2.06. The van der Waals surface area contributed by atoms with E-state index in [2.05, 4.69) is 27.4 Å². The van der Waals surface area contributed by atoms with Crippen molar-refractivity contribution in [2.24, 2.45) is 11.8 Å². The molecule has 64 valence electrons. The molecule has 0 spiro atoms. The first-order valence-electron chi connectivity index (χ1n) is 4.32. The van der Waals surface area contributed by atoms with E-state index in [1.54, 1.807) is 0 Å². The lowest BCUT2D eigenvalue weighted by molar-refractivity contribution is -0.0879. The van der Waals surface area contributed by atoms with Gasteiger partial charge in [0.25, 0.3) is 0 Å². The molecule has 1 rings (SSSR count). The zero-order valence-corrected chi connectivity index (χ0v) is 7.76. The standard InChI is InChI=1S/C10H18O/c1-5-9-7-11-10(3,4)6-8(9)2/h5,8-9H,1,6-7H2,2-4H3/t8?,9-/m1/s1. The molecule has 0 radical (unpaired) electrons. The first-order valence-corrected chi connectivity index (χ1v) is 4.32. The van der Waals surface area contributed by atoms with Gasteiger partial charge in [0.1, 0.15) is 0 Å². The molecule has 1 nitrogen and oxygen atoms in total. The Bertz CT molecular complexity index is 149. The number of rotatable bonds is 1. The van der Waals surface area contributed by atoms with Crippen LogP contribution < -0.4 is 0 Å². The van der Waals surface area contributed by atoms with Crippen molar-refractivity contribution in [1.29, 1.82) is 0 Å². The molecule has 11 heavy (non-hydrogen) atoms. The Balaban J connectivity index is 2.54. The van der Waals surface area contributed by atoms with Crippen molar-refractivity contribution in [2.45, 2.75) is 32.8 Å². The maximum absolute atomic E-state index is 5.67. The Labute approximate surface area is 69.4 Å². The first kappa shape index (κ1) is 8.79. The van der Waals surface area contributed by atoms with Crippen LogP contribution in [0, 0.1) is 11.8 Å². The first-order chi connectivity index (χ1) is 5.05. The quantitative estimate of drug-likeness (QED) is 0.527. The smallest absolute Gasteiger partial charge is 0.0629 e. The van der Waals surface area contributed by atoms with E-state index >= 15 is 0 Å². The summed E-state index contributed by atoms with van der Waals surface area (Å²) in [6.45, 7) is 11.2. The van der Waals surface area contributed by atoms with Crippen LogP contribution in [0.25, 0.3) is 0 Å². The van der Waals surface area contributed by atoms with Crippen molar-refractivity contribution in [3.63, 3.8) is 0 Å². The van der Waals surface area contributed by atoms with E-state index in [9.17, 15) is 0 Å². The third-order valence-corrected chi connectivity index (χ3v) is 2.51.